The van der Waals surface area contributed by atoms with Crippen molar-refractivity contribution in [3.8, 4) is 0 Å². The van der Waals surface area contributed by atoms with Gasteiger partial charge >= 0.3 is 18.2 Å². The Balaban J connectivity index is 1.19. The third-order valence-electron chi connectivity index (χ3n) is 9.79. The first-order valence-electron chi connectivity index (χ1n) is 16.2. The first kappa shape index (κ1) is 32.4. The number of alkyl carbamates (subject to hydrolysis) is 1. The second kappa shape index (κ2) is 13.6. The fourth-order valence-electron chi connectivity index (χ4n) is 7.05. The molecule has 4 amide bonds. The summed E-state index contributed by atoms with van der Waals surface area (Å²) >= 11 is 6.21. The number of ether oxygens (including phenoxy) is 3. The molecule has 0 spiro atoms. The summed E-state index contributed by atoms with van der Waals surface area (Å²) < 4.78 is 16.6. The molecule has 0 bridgehead atoms. The lowest BCUT2D eigenvalue weighted by atomic mass is 10.0. The summed E-state index contributed by atoms with van der Waals surface area (Å²) in [5.41, 5.74) is 0.669. The van der Waals surface area contributed by atoms with E-state index in [1.54, 1.807) is 4.90 Å². The Kier molecular flexibility index (Phi) is 9.60. The van der Waals surface area contributed by atoms with E-state index in [1.165, 1.54) is 4.90 Å². The molecule has 0 aromatic rings. The minimum absolute atomic E-state index is 0.0111. The van der Waals surface area contributed by atoms with Crippen LogP contribution in [0.2, 0.25) is 0 Å². The van der Waals surface area contributed by atoms with E-state index in [0.29, 0.717) is 39.0 Å². The Hall–Kier alpha value is -3.58. The summed E-state index contributed by atoms with van der Waals surface area (Å²) in [4.78, 5) is 69.2. The Morgan fingerprint density at radius 2 is 1.93 bits per heavy atom. The van der Waals surface area contributed by atoms with Gasteiger partial charge in [0.2, 0.25) is 11.8 Å². The van der Waals surface area contributed by atoms with Gasteiger partial charge in [-0.2, -0.15) is 0 Å². The molecule has 0 radical (unpaired) electrons. The predicted molar refractivity (Wildman–Crippen MR) is 164 cm³/mol. The standard InChI is InChI=1S/C32H41ClN4O9/c33-22-9-8-19-15-36(16-20(19)12-22)31(43)46-24-13-26-27(38)35-32(29(40)41)14-21(32)6-4-2-1-3-5-7-25(28(39)37(26)17-24)34-30(42)45-23-10-11-44-18-23/h4,6,12,21,23-26H,1-3,5,7-11,13-18H2,(H,34,42)(H,35,38)(H,40,41)/b6-4-/t21-,23-,24-,25+,26+,32-/m1/s1. The summed E-state index contributed by atoms with van der Waals surface area (Å²) in [5.74, 6) is -2.65. The molecule has 0 aromatic heterocycles. The largest absolute Gasteiger partial charge is 0.479 e. The molecule has 14 heteroatoms. The number of fused-ring (bicyclic) bond motifs is 2. The molecule has 6 atom stereocenters. The second-order valence-electron chi connectivity index (χ2n) is 13.1. The average molecular weight is 661 g/mol. The van der Waals surface area contributed by atoms with Gasteiger partial charge in [-0.3, -0.25) is 14.5 Å². The Morgan fingerprint density at radius 1 is 1.09 bits per heavy atom. The highest BCUT2D eigenvalue weighted by molar-refractivity contribution is 6.29. The molecule has 3 fully saturated rings. The number of hydrogen-bond donors (Lipinski definition) is 3. The van der Waals surface area contributed by atoms with Gasteiger partial charge in [0.05, 0.1) is 19.8 Å². The molecule has 3 N–H and O–H groups in total. The van der Waals surface area contributed by atoms with E-state index in [0.717, 1.165) is 48.3 Å². The van der Waals surface area contributed by atoms with Gasteiger partial charge in [0.1, 0.15) is 29.8 Å². The number of carboxylic acids is 1. The molecule has 6 aliphatic rings. The van der Waals surface area contributed by atoms with Gasteiger partial charge in [-0.15, -0.1) is 0 Å². The molecular weight excluding hydrogens is 620 g/mol. The minimum atomic E-state index is -1.46. The van der Waals surface area contributed by atoms with Crippen molar-refractivity contribution >= 4 is 41.6 Å². The summed E-state index contributed by atoms with van der Waals surface area (Å²) in [6.07, 6.45) is 8.72. The number of carbonyl (C=O) groups excluding carboxylic acids is 4. The lowest BCUT2D eigenvalue weighted by Gasteiger charge is -2.29. The van der Waals surface area contributed by atoms with E-state index in [9.17, 15) is 29.1 Å². The third kappa shape index (κ3) is 7.05. The first-order valence-corrected chi connectivity index (χ1v) is 16.6. The van der Waals surface area contributed by atoms with E-state index >= 15 is 0 Å². The van der Waals surface area contributed by atoms with Gasteiger partial charge in [0.25, 0.3) is 0 Å². The van der Waals surface area contributed by atoms with Crippen LogP contribution in [0, 0.1) is 5.92 Å². The van der Waals surface area contributed by atoms with Crippen molar-refractivity contribution in [2.75, 3.05) is 32.8 Å². The van der Waals surface area contributed by atoms with Crippen molar-refractivity contribution in [2.24, 2.45) is 5.92 Å². The van der Waals surface area contributed by atoms with Gasteiger partial charge in [0.15, 0.2) is 0 Å². The van der Waals surface area contributed by atoms with Gasteiger partial charge in [-0.1, -0.05) is 36.6 Å². The third-order valence-corrected chi connectivity index (χ3v) is 10.1. The Bertz CT molecular complexity index is 1360. The molecule has 4 heterocycles. The molecule has 13 nitrogen and oxygen atoms in total. The van der Waals surface area contributed by atoms with Gasteiger partial charge < -0.3 is 34.9 Å². The SMILES string of the molecule is O=C(N[C@H]1CCCCC/C=C\[C@@H]2C[C@@]2(C(=O)O)NC(=O)[C@@H]2C[C@@H](OC(=O)N3CC4=C(CCC(Cl)=C4)C3)CN2C1=O)O[C@@H]1CCOC1. The van der Waals surface area contributed by atoms with Crippen LogP contribution in [-0.4, -0.2) is 108 Å². The van der Waals surface area contributed by atoms with Crippen molar-refractivity contribution in [1.29, 1.82) is 0 Å². The number of amides is 4. The van der Waals surface area contributed by atoms with Crippen molar-refractivity contribution in [2.45, 2.75) is 94.0 Å². The molecule has 1 saturated carbocycles. The Morgan fingerprint density at radius 3 is 2.72 bits per heavy atom. The van der Waals surface area contributed by atoms with Gasteiger partial charge in [0, 0.05) is 36.9 Å². The Labute approximate surface area is 272 Å². The zero-order chi connectivity index (χ0) is 32.4. The van der Waals surface area contributed by atoms with Crippen LogP contribution in [0.5, 0.6) is 0 Å². The van der Waals surface area contributed by atoms with E-state index < -0.39 is 59.8 Å². The van der Waals surface area contributed by atoms with Crippen LogP contribution < -0.4 is 10.6 Å². The van der Waals surface area contributed by atoms with Crippen molar-refractivity contribution in [3.63, 3.8) is 0 Å². The van der Waals surface area contributed by atoms with Gasteiger partial charge in [-0.05, 0) is 55.7 Å². The predicted octanol–water partition coefficient (Wildman–Crippen LogP) is 2.98. The number of carbonyl (C=O) groups is 5. The topological polar surface area (TPSA) is 164 Å². The van der Waals surface area contributed by atoms with E-state index in [4.69, 9.17) is 25.8 Å². The number of nitrogens with one attached hydrogen (secondary N) is 2. The van der Waals surface area contributed by atoms with E-state index in [2.05, 4.69) is 10.6 Å². The highest BCUT2D eigenvalue weighted by atomic mass is 35.5. The van der Waals surface area contributed by atoms with E-state index in [1.807, 2.05) is 18.2 Å². The molecule has 250 valence electrons. The van der Waals surface area contributed by atoms with Crippen LogP contribution in [0.15, 0.2) is 34.4 Å². The number of hydrogen-bond acceptors (Lipinski definition) is 8. The molecular formula is C32H41ClN4O9. The molecule has 0 aromatic carbocycles. The van der Waals surface area contributed by atoms with Crippen molar-refractivity contribution in [3.05, 3.63) is 34.4 Å². The molecule has 2 aliphatic carbocycles. The number of rotatable bonds is 4. The number of nitrogens with zero attached hydrogens (tertiary/aromatic N) is 2. The van der Waals surface area contributed by atoms with Crippen LogP contribution in [0.1, 0.15) is 64.2 Å². The average Bonchev–Trinajstić information content (AvgIpc) is 3.43. The van der Waals surface area contributed by atoms with Crippen LogP contribution in [0.4, 0.5) is 9.59 Å². The maximum absolute atomic E-state index is 14.1. The normalized spacial score (nSPS) is 33.8. The highest BCUT2D eigenvalue weighted by Crippen LogP contribution is 2.45. The van der Waals surface area contributed by atoms with Crippen LogP contribution in [0.3, 0.4) is 0 Å². The first-order chi connectivity index (χ1) is 22.1. The fraction of sp³-hybridized carbons (Fsp3) is 0.656. The zero-order valence-corrected chi connectivity index (χ0v) is 26.5. The smallest absolute Gasteiger partial charge is 0.410 e. The summed E-state index contributed by atoms with van der Waals surface area (Å²) in [6, 6.07) is -2.10. The quantitative estimate of drug-likeness (QED) is 0.385. The van der Waals surface area contributed by atoms with Crippen LogP contribution >= 0.6 is 11.6 Å². The highest BCUT2D eigenvalue weighted by Gasteiger charge is 2.61. The van der Waals surface area contributed by atoms with Crippen LogP contribution in [0.25, 0.3) is 0 Å². The number of allylic oxidation sites excluding steroid dienone is 2. The monoisotopic (exact) mass is 660 g/mol. The van der Waals surface area contributed by atoms with Gasteiger partial charge in [-0.25, -0.2) is 14.4 Å². The lowest BCUT2D eigenvalue weighted by Crippen LogP contribution is -2.56. The maximum Gasteiger partial charge on any atom is 0.410 e. The molecule has 4 aliphatic heterocycles. The van der Waals surface area contributed by atoms with Crippen molar-refractivity contribution in [1.82, 2.24) is 20.4 Å². The summed E-state index contributed by atoms with van der Waals surface area (Å²) in [5, 5.41) is 16.2. The second-order valence-corrected chi connectivity index (χ2v) is 13.5. The van der Waals surface area contributed by atoms with Crippen molar-refractivity contribution < 1.29 is 43.3 Å². The number of carboxylic acid groups (broad SMARTS) is 1. The molecule has 46 heavy (non-hydrogen) atoms. The number of halogens is 1. The molecule has 2 saturated heterocycles. The number of aliphatic carboxylic acids is 1. The summed E-state index contributed by atoms with van der Waals surface area (Å²) in [6.45, 7) is 1.47. The van der Waals surface area contributed by atoms with Crippen LogP contribution in [-0.2, 0) is 28.6 Å². The fourth-order valence-corrected chi connectivity index (χ4v) is 7.28. The maximum atomic E-state index is 14.1. The molecule has 0 unspecified atom stereocenters. The minimum Gasteiger partial charge on any atom is -0.479 e. The molecule has 6 rings (SSSR count). The lowest BCUT2D eigenvalue weighted by molar-refractivity contribution is -0.145. The summed E-state index contributed by atoms with van der Waals surface area (Å²) in [7, 11) is 0. The zero-order valence-electron chi connectivity index (χ0n) is 25.7. The van der Waals surface area contributed by atoms with E-state index in [-0.39, 0.29) is 31.9 Å².